The van der Waals surface area contributed by atoms with E-state index in [0.29, 0.717) is 35.2 Å². The maximum absolute atomic E-state index is 11.9. The van der Waals surface area contributed by atoms with E-state index in [9.17, 15) is 4.79 Å². The van der Waals surface area contributed by atoms with E-state index in [4.69, 9.17) is 23.2 Å². The Kier molecular flexibility index (Phi) is 3.69. The number of halogens is 2. The SMILES string of the molecule is O=C1CCNCCN1c1cc(Cl)ccc1Cl. The Morgan fingerprint density at radius 1 is 1.25 bits per heavy atom. The second kappa shape index (κ2) is 5.04. The average molecular weight is 259 g/mol. The van der Waals surface area contributed by atoms with Crippen molar-refractivity contribution < 1.29 is 4.79 Å². The second-order valence-electron chi connectivity index (χ2n) is 3.64. The van der Waals surface area contributed by atoms with Gasteiger partial charge in [0, 0.05) is 31.1 Å². The number of anilines is 1. The standard InChI is InChI=1S/C11H12Cl2N2O/c12-8-1-2-9(13)10(7-8)15-6-5-14-4-3-11(15)16/h1-2,7,14H,3-6H2. The molecule has 0 aliphatic carbocycles. The Morgan fingerprint density at radius 2 is 2.06 bits per heavy atom. The van der Waals surface area contributed by atoms with Crippen molar-refractivity contribution in [3.05, 3.63) is 28.2 Å². The topological polar surface area (TPSA) is 32.3 Å². The Bertz CT molecular complexity index is 409. The predicted octanol–water partition coefficient (Wildman–Crippen LogP) is 2.32. The maximum Gasteiger partial charge on any atom is 0.228 e. The lowest BCUT2D eigenvalue weighted by Gasteiger charge is -2.21. The summed E-state index contributed by atoms with van der Waals surface area (Å²) in [6, 6.07) is 5.16. The Hall–Kier alpha value is -0.770. The number of carbonyl (C=O) groups excluding carboxylic acids is 1. The molecule has 2 rings (SSSR count). The molecule has 0 radical (unpaired) electrons. The van der Waals surface area contributed by atoms with E-state index in [0.717, 1.165) is 6.54 Å². The molecule has 16 heavy (non-hydrogen) atoms. The zero-order valence-corrected chi connectivity index (χ0v) is 10.2. The zero-order valence-electron chi connectivity index (χ0n) is 8.67. The summed E-state index contributed by atoms with van der Waals surface area (Å²) in [4.78, 5) is 13.6. The van der Waals surface area contributed by atoms with Crippen molar-refractivity contribution >= 4 is 34.8 Å². The molecule has 1 aliphatic heterocycles. The van der Waals surface area contributed by atoms with Crippen molar-refractivity contribution in [1.82, 2.24) is 5.32 Å². The van der Waals surface area contributed by atoms with Gasteiger partial charge in [0.1, 0.15) is 0 Å². The van der Waals surface area contributed by atoms with E-state index >= 15 is 0 Å². The first-order valence-corrected chi connectivity index (χ1v) is 5.90. The first-order valence-electron chi connectivity index (χ1n) is 5.14. The van der Waals surface area contributed by atoms with Gasteiger partial charge < -0.3 is 10.2 Å². The summed E-state index contributed by atoms with van der Waals surface area (Å²) in [6.45, 7) is 2.11. The van der Waals surface area contributed by atoms with Crippen LogP contribution in [-0.4, -0.2) is 25.5 Å². The number of rotatable bonds is 1. The Morgan fingerprint density at radius 3 is 2.88 bits per heavy atom. The highest BCUT2D eigenvalue weighted by atomic mass is 35.5. The lowest BCUT2D eigenvalue weighted by Crippen LogP contribution is -2.32. The molecule has 1 heterocycles. The molecular formula is C11H12Cl2N2O. The quantitative estimate of drug-likeness (QED) is 0.839. The van der Waals surface area contributed by atoms with E-state index in [-0.39, 0.29) is 5.91 Å². The zero-order chi connectivity index (χ0) is 11.5. The Labute approximate surface area is 104 Å². The number of carbonyl (C=O) groups is 1. The van der Waals surface area contributed by atoms with Gasteiger partial charge in [-0.25, -0.2) is 0 Å². The largest absolute Gasteiger partial charge is 0.314 e. The van der Waals surface area contributed by atoms with E-state index < -0.39 is 0 Å². The summed E-state index contributed by atoms with van der Waals surface area (Å²) < 4.78 is 0. The van der Waals surface area contributed by atoms with Gasteiger partial charge in [-0.2, -0.15) is 0 Å². The summed E-state index contributed by atoms with van der Waals surface area (Å²) in [7, 11) is 0. The molecule has 1 aromatic carbocycles. The van der Waals surface area contributed by atoms with Crippen LogP contribution < -0.4 is 10.2 Å². The summed E-state index contributed by atoms with van der Waals surface area (Å²) in [5.41, 5.74) is 0.697. The Balaban J connectivity index is 2.33. The molecule has 1 saturated heterocycles. The van der Waals surface area contributed by atoms with Gasteiger partial charge >= 0.3 is 0 Å². The van der Waals surface area contributed by atoms with Crippen LogP contribution in [0.5, 0.6) is 0 Å². The molecule has 0 unspecified atom stereocenters. The van der Waals surface area contributed by atoms with Crippen LogP contribution in [-0.2, 0) is 4.79 Å². The van der Waals surface area contributed by atoms with Gasteiger partial charge in [-0.3, -0.25) is 4.79 Å². The van der Waals surface area contributed by atoms with Crippen LogP contribution in [0.4, 0.5) is 5.69 Å². The van der Waals surface area contributed by atoms with Crippen LogP contribution >= 0.6 is 23.2 Å². The number of amides is 1. The minimum atomic E-state index is 0.0779. The van der Waals surface area contributed by atoms with Gasteiger partial charge in [-0.15, -0.1) is 0 Å². The van der Waals surface area contributed by atoms with Crippen molar-refractivity contribution in [3.63, 3.8) is 0 Å². The highest BCUT2D eigenvalue weighted by Crippen LogP contribution is 2.29. The fraction of sp³-hybridized carbons (Fsp3) is 0.364. The molecule has 1 aliphatic rings. The number of nitrogens with one attached hydrogen (secondary N) is 1. The third-order valence-electron chi connectivity index (χ3n) is 2.53. The fourth-order valence-corrected chi connectivity index (χ4v) is 2.10. The molecule has 1 amide bonds. The van der Waals surface area contributed by atoms with Crippen LogP contribution in [0, 0.1) is 0 Å². The third kappa shape index (κ3) is 2.48. The summed E-state index contributed by atoms with van der Waals surface area (Å²) in [5.74, 6) is 0.0779. The van der Waals surface area contributed by atoms with Crippen LogP contribution in [0.25, 0.3) is 0 Å². The van der Waals surface area contributed by atoms with E-state index in [2.05, 4.69) is 5.32 Å². The highest BCUT2D eigenvalue weighted by molar-refractivity contribution is 6.35. The maximum atomic E-state index is 11.9. The van der Waals surface area contributed by atoms with E-state index in [1.165, 1.54) is 0 Å². The number of nitrogens with zero attached hydrogens (tertiary/aromatic N) is 1. The van der Waals surface area contributed by atoms with Gasteiger partial charge in [-0.05, 0) is 18.2 Å². The first-order chi connectivity index (χ1) is 7.68. The summed E-state index contributed by atoms with van der Waals surface area (Å²) in [5, 5.41) is 4.32. The highest BCUT2D eigenvalue weighted by Gasteiger charge is 2.20. The van der Waals surface area contributed by atoms with Crippen LogP contribution in [0.2, 0.25) is 10.0 Å². The summed E-state index contributed by atoms with van der Waals surface area (Å²) >= 11 is 12.0. The minimum Gasteiger partial charge on any atom is -0.314 e. The van der Waals surface area contributed by atoms with E-state index in [1.54, 1.807) is 23.1 Å². The molecule has 0 bridgehead atoms. The first kappa shape index (κ1) is 11.7. The van der Waals surface area contributed by atoms with Gasteiger partial charge in [0.2, 0.25) is 5.91 Å². The number of benzene rings is 1. The molecule has 86 valence electrons. The van der Waals surface area contributed by atoms with Gasteiger partial charge in [0.15, 0.2) is 0 Å². The molecule has 3 nitrogen and oxygen atoms in total. The lowest BCUT2D eigenvalue weighted by atomic mass is 10.2. The number of hydrogen-bond donors (Lipinski definition) is 1. The smallest absolute Gasteiger partial charge is 0.228 e. The average Bonchev–Trinajstić information content (AvgIpc) is 2.47. The van der Waals surface area contributed by atoms with Crippen molar-refractivity contribution in [2.75, 3.05) is 24.5 Å². The second-order valence-corrected chi connectivity index (χ2v) is 4.48. The molecule has 0 aromatic heterocycles. The van der Waals surface area contributed by atoms with Crippen molar-refractivity contribution in [3.8, 4) is 0 Å². The van der Waals surface area contributed by atoms with Gasteiger partial charge in [0.25, 0.3) is 0 Å². The number of hydrogen-bond acceptors (Lipinski definition) is 2. The van der Waals surface area contributed by atoms with Gasteiger partial charge in [0.05, 0.1) is 10.7 Å². The summed E-state index contributed by atoms with van der Waals surface area (Å²) in [6.07, 6.45) is 0.489. The van der Waals surface area contributed by atoms with Crippen molar-refractivity contribution in [1.29, 1.82) is 0 Å². The van der Waals surface area contributed by atoms with Gasteiger partial charge in [-0.1, -0.05) is 23.2 Å². The molecule has 0 saturated carbocycles. The van der Waals surface area contributed by atoms with Crippen molar-refractivity contribution in [2.45, 2.75) is 6.42 Å². The molecule has 1 N–H and O–H groups in total. The molecule has 1 aromatic rings. The van der Waals surface area contributed by atoms with Crippen LogP contribution in [0.1, 0.15) is 6.42 Å². The molecule has 5 heteroatoms. The molecular weight excluding hydrogens is 247 g/mol. The monoisotopic (exact) mass is 258 g/mol. The molecule has 0 spiro atoms. The van der Waals surface area contributed by atoms with E-state index in [1.807, 2.05) is 0 Å². The minimum absolute atomic E-state index is 0.0779. The van der Waals surface area contributed by atoms with Crippen molar-refractivity contribution in [2.24, 2.45) is 0 Å². The third-order valence-corrected chi connectivity index (χ3v) is 3.08. The van der Waals surface area contributed by atoms with Crippen LogP contribution in [0.15, 0.2) is 18.2 Å². The predicted molar refractivity (Wildman–Crippen MR) is 66.3 cm³/mol. The molecule has 0 atom stereocenters. The molecule has 1 fully saturated rings. The van der Waals surface area contributed by atoms with Crippen LogP contribution in [0.3, 0.4) is 0 Å². The normalized spacial score (nSPS) is 17.4. The lowest BCUT2D eigenvalue weighted by molar-refractivity contribution is -0.118. The fourth-order valence-electron chi connectivity index (χ4n) is 1.72.